The summed E-state index contributed by atoms with van der Waals surface area (Å²) in [5.74, 6) is 0.0906. The molecule has 0 aliphatic carbocycles. The van der Waals surface area contributed by atoms with Gasteiger partial charge in [-0.2, -0.15) is 5.10 Å². The number of esters is 1. The standard InChI is InChI=1S/C13H15ClN4O2/c1-2-5-18-12(16-8-17-18)7-20-13(19)10-4-3-9(15)6-11(10)14/h3-4,6,8H,2,5,7,15H2,1H3. The molecular formula is C13H15ClN4O2. The minimum Gasteiger partial charge on any atom is -0.454 e. The Kier molecular flexibility index (Phi) is 4.57. The number of nitrogens with two attached hydrogens (primary N) is 1. The van der Waals surface area contributed by atoms with Gasteiger partial charge in [-0.05, 0) is 24.6 Å². The molecule has 106 valence electrons. The number of ether oxygens (including phenoxy) is 1. The van der Waals surface area contributed by atoms with Crippen molar-refractivity contribution in [1.29, 1.82) is 0 Å². The van der Waals surface area contributed by atoms with Gasteiger partial charge in [0, 0.05) is 12.2 Å². The Morgan fingerprint density at radius 2 is 2.30 bits per heavy atom. The monoisotopic (exact) mass is 294 g/mol. The van der Waals surface area contributed by atoms with E-state index < -0.39 is 5.97 Å². The van der Waals surface area contributed by atoms with Crippen LogP contribution < -0.4 is 5.73 Å². The molecule has 0 aliphatic heterocycles. The number of hydrogen-bond donors (Lipinski definition) is 1. The molecule has 7 heteroatoms. The zero-order valence-electron chi connectivity index (χ0n) is 11.0. The Balaban J connectivity index is 2.03. The molecule has 0 atom stereocenters. The zero-order valence-corrected chi connectivity index (χ0v) is 11.8. The minimum absolute atomic E-state index is 0.0551. The van der Waals surface area contributed by atoms with Crippen molar-refractivity contribution in [2.24, 2.45) is 0 Å². The summed E-state index contributed by atoms with van der Waals surface area (Å²) in [5.41, 5.74) is 6.35. The van der Waals surface area contributed by atoms with E-state index in [0.717, 1.165) is 13.0 Å². The summed E-state index contributed by atoms with van der Waals surface area (Å²) in [7, 11) is 0. The lowest BCUT2D eigenvalue weighted by Crippen LogP contribution is -2.11. The maximum Gasteiger partial charge on any atom is 0.340 e. The second-order valence-electron chi connectivity index (χ2n) is 4.21. The number of nitrogen functional groups attached to an aromatic ring is 1. The molecule has 2 N–H and O–H groups in total. The lowest BCUT2D eigenvalue weighted by atomic mass is 10.2. The van der Waals surface area contributed by atoms with E-state index in [0.29, 0.717) is 11.5 Å². The van der Waals surface area contributed by atoms with Crippen LogP contribution in [0.5, 0.6) is 0 Å². The smallest absolute Gasteiger partial charge is 0.340 e. The van der Waals surface area contributed by atoms with E-state index in [2.05, 4.69) is 10.1 Å². The molecule has 0 saturated carbocycles. The summed E-state index contributed by atoms with van der Waals surface area (Å²) < 4.78 is 6.90. The van der Waals surface area contributed by atoms with Gasteiger partial charge in [-0.15, -0.1) is 0 Å². The first kappa shape index (κ1) is 14.3. The number of halogens is 1. The van der Waals surface area contributed by atoms with Crippen LogP contribution in [0.1, 0.15) is 29.5 Å². The first-order valence-corrected chi connectivity index (χ1v) is 6.58. The second-order valence-corrected chi connectivity index (χ2v) is 4.62. The van der Waals surface area contributed by atoms with E-state index in [-0.39, 0.29) is 17.2 Å². The molecule has 2 rings (SSSR count). The van der Waals surface area contributed by atoms with Crippen LogP contribution in [0.2, 0.25) is 5.02 Å². The third-order valence-corrected chi connectivity index (χ3v) is 2.99. The highest BCUT2D eigenvalue weighted by atomic mass is 35.5. The van der Waals surface area contributed by atoms with E-state index in [9.17, 15) is 4.79 Å². The number of carbonyl (C=O) groups is 1. The number of carbonyl (C=O) groups excluding carboxylic acids is 1. The van der Waals surface area contributed by atoms with Crippen LogP contribution in [0.25, 0.3) is 0 Å². The lowest BCUT2D eigenvalue weighted by Gasteiger charge is -2.07. The van der Waals surface area contributed by atoms with Gasteiger partial charge in [-0.1, -0.05) is 18.5 Å². The molecule has 0 fully saturated rings. The number of benzene rings is 1. The van der Waals surface area contributed by atoms with Crippen LogP contribution in [0.4, 0.5) is 5.69 Å². The van der Waals surface area contributed by atoms with E-state index >= 15 is 0 Å². The van der Waals surface area contributed by atoms with E-state index in [1.807, 2.05) is 6.92 Å². The quantitative estimate of drug-likeness (QED) is 0.675. The molecule has 1 aromatic heterocycles. The molecule has 20 heavy (non-hydrogen) atoms. The van der Waals surface area contributed by atoms with E-state index in [1.165, 1.54) is 18.5 Å². The van der Waals surface area contributed by atoms with Crippen LogP contribution in [0, 0.1) is 0 Å². The van der Waals surface area contributed by atoms with Gasteiger partial charge in [0.25, 0.3) is 0 Å². The number of rotatable bonds is 5. The Morgan fingerprint density at radius 3 is 3.00 bits per heavy atom. The Hall–Kier alpha value is -2.08. The fraction of sp³-hybridized carbons (Fsp3) is 0.308. The Morgan fingerprint density at radius 1 is 1.50 bits per heavy atom. The average Bonchev–Trinajstić information content (AvgIpc) is 2.84. The molecule has 0 radical (unpaired) electrons. The number of aromatic nitrogens is 3. The van der Waals surface area contributed by atoms with Gasteiger partial charge >= 0.3 is 5.97 Å². The molecule has 0 bridgehead atoms. The SMILES string of the molecule is CCCn1ncnc1COC(=O)c1ccc(N)cc1Cl. The highest BCUT2D eigenvalue weighted by molar-refractivity contribution is 6.33. The van der Waals surface area contributed by atoms with Crippen molar-refractivity contribution in [1.82, 2.24) is 14.8 Å². The molecule has 2 aromatic rings. The molecule has 0 unspecified atom stereocenters. The van der Waals surface area contributed by atoms with Gasteiger partial charge in [0.1, 0.15) is 6.33 Å². The topological polar surface area (TPSA) is 83.0 Å². The number of nitrogens with zero attached hydrogens (tertiary/aromatic N) is 3. The molecule has 1 heterocycles. The highest BCUT2D eigenvalue weighted by Crippen LogP contribution is 2.20. The van der Waals surface area contributed by atoms with Gasteiger partial charge in [0.05, 0.1) is 10.6 Å². The van der Waals surface area contributed by atoms with Crippen LogP contribution in [-0.4, -0.2) is 20.7 Å². The minimum atomic E-state index is -0.513. The van der Waals surface area contributed by atoms with E-state index in [1.54, 1.807) is 10.7 Å². The molecule has 0 aliphatic rings. The Bertz CT molecular complexity index is 612. The summed E-state index contributed by atoms with van der Waals surface area (Å²) in [5, 5.41) is 4.33. The van der Waals surface area contributed by atoms with Gasteiger partial charge in [-0.3, -0.25) is 0 Å². The number of hydrogen-bond acceptors (Lipinski definition) is 5. The van der Waals surface area contributed by atoms with Crippen LogP contribution in [-0.2, 0) is 17.9 Å². The highest BCUT2D eigenvalue weighted by Gasteiger charge is 2.13. The van der Waals surface area contributed by atoms with Crippen molar-refractivity contribution in [3.8, 4) is 0 Å². The first-order valence-electron chi connectivity index (χ1n) is 6.20. The predicted molar refractivity (Wildman–Crippen MR) is 75.3 cm³/mol. The van der Waals surface area contributed by atoms with Crippen LogP contribution in [0.15, 0.2) is 24.5 Å². The summed E-state index contributed by atoms with van der Waals surface area (Å²) in [4.78, 5) is 16.0. The van der Waals surface area contributed by atoms with Gasteiger partial charge in [0.2, 0.25) is 0 Å². The van der Waals surface area contributed by atoms with Gasteiger partial charge < -0.3 is 10.5 Å². The molecule has 0 spiro atoms. The van der Waals surface area contributed by atoms with Crippen LogP contribution >= 0.6 is 11.6 Å². The molecular weight excluding hydrogens is 280 g/mol. The van der Waals surface area contributed by atoms with Crippen LogP contribution in [0.3, 0.4) is 0 Å². The molecule has 6 nitrogen and oxygen atoms in total. The molecule has 1 aromatic carbocycles. The van der Waals surface area contributed by atoms with Crippen molar-refractivity contribution in [3.63, 3.8) is 0 Å². The zero-order chi connectivity index (χ0) is 14.5. The van der Waals surface area contributed by atoms with Crippen molar-refractivity contribution >= 4 is 23.3 Å². The normalized spacial score (nSPS) is 10.5. The van der Waals surface area contributed by atoms with Crippen molar-refractivity contribution in [3.05, 3.63) is 40.9 Å². The third-order valence-electron chi connectivity index (χ3n) is 2.68. The summed E-state index contributed by atoms with van der Waals surface area (Å²) in [6, 6.07) is 4.65. The maximum atomic E-state index is 11.9. The summed E-state index contributed by atoms with van der Waals surface area (Å²) >= 11 is 5.95. The van der Waals surface area contributed by atoms with Gasteiger partial charge in [-0.25, -0.2) is 14.5 Å². The van der Waals surface area contributed by atoms with Crippen molar-refractivity contribution < 1.29 is 9.53 Å². The second kappa shape index (κ2) is 6.38. The fourth-order valence-corrected chi connectivity index (χ4v) is 1.97. The summed E-state index contributed by atoms with van der Waals surface area (Å²) in [6.07, 6.45) is 2.36. The number of anilines is 1. The molecule has 0 saturated heterocycles. The van der Waals surface area contributed by atoms with Gasteiger partial charge in [0.15, 0.2) is 12.4 Å². The van der Waals surface area contributed by atoms with E-state index in [4.69, 9.17) is 22.1 Å². The Labute approximate surface area is 121 Å². The maximum absolute atomic E-state index is 11.9. The number of aryl methyl sites for hydroxylation is 1. The lowest BCUT2D eigenvalue weighted by molar-refractivity contribution is 0.0457. The van der Waals surface area contributed by atoms with Crippen molar-refractivity contribution in [2.45, 2.75) is 26.5 Å². The third kappa shape index (κ3) is 3.27. The predicted octanol–water partition coefficient (Wildman–Crippen LogP) is 2.28. The largest absolute Gasteiger partial charge is 0.454 e. The van der Waals surface area contributed by atoms with Crippen molar-refractivity contribution in [2.75, 3.05) is 5.73 Å². The fourth-order valence-electron chi connectivity index (χ4n) is 1.70. The summed E-state index contributed by atoms with van der Waals surface area (Å²) in [6.45, 7) is 2.82. The molecule has 0 amide bonds. The average molecular weight is 295 g/mol. The first-order chi connectivity index (χ1) is 9.61.